The number of aryl methyl sites for hydroxylation is 1. The molecule has 0 fully saturated rings. The lowest BCUT2D eigenvalue weighted by Crippen LogP contribution is -1.97. The minimum atomic E-state index is 0.141. The molecule has 0 saturated carbocycles. The first-order chi connectivity index (χ1) is 5.61. The third-order valence-corrected chi connectivity index (χ3v) is 2.25. The standard InChI is InChI=1S/C10H11ClO/c1-7-4-3-5-9(10(7)11)6-8(2)12/h3-5H,6H2,1-2H3. The Morgan fingerprint density at radius 2 is 2.17 bits per heavy atom. The first-order valence-electron chi connectivity index (χ1n) is 3.84. The van der Waals surface area contributed by atoms with Gasteiger partial charge in [-0.05, 0) is 25.0 Å². The van der Waals surface area contributed by atoms with Gasteiger partial charge in [-0.3, -0.25) is 4.79 Å². The van der Waals surface area contributed by atoms with Crippen LogP contribution in [0.2, 0.25) is 5.02 Å². The Balaban J connectivity index is 3.00. The van der Waals surface area contributed by atoms with Gasteiger partial charge in [0.2, 0.25) is 0 Å². The largest absolute Gasteiger partial charge is 0.300 e. The van der Waals surface area contributed by atoms with Gasteiger partial charge in [-0.1, -0.05) is 29.8 Å². The Morgan fingerprint density at radius 3 is 2.75 bits per heavy atom. The summed E-state index contributed by atoms with van der Waals surface area (Å²) in [4.78, 5) is 10.8. The average molecular weight is 183 g/mol. The summed E-state index contributed by atoms with van der Waals surface area (Å²) in [6.07, 6.45) is 0.431. The Hall–Kier alpha value is -0.820. The number of hydrogen-bond donors (Lipinski definition) is 0. The normalized spacial score (nSPS) is 9.92. The molecule has 0 bridgehead atoms. The van der Waals surface area contributed by atoms with E-state index in [0.717, 1.165) is 11.1 Å². The fraction of sp³-hybridized carbons (Fsp3) is 0.300. The summed E-state index contributed by atoms with van der Waals surface area (Å²) in [5.41, 5.74) is 1.94. The SMILES string of the molecule is CC(=O)Cc1cccc(C)c1Cl. The molecule has 0 aliphatic heterocycles. The molecular formula is C10H11ClO. The third-order valence-electron chi connectivity index (χ3n) is 1.71. The van der Waals surface area contributed by atoms with Gasteiger partial charge in [-0.25, -0.2) is 0 Å². The van der Waals surface area contributed by atoms with E-state index in [4.69, 9.17) is 11.6 Å². The third kappa shape index (κ3) is 2.08. The van der Waals surface area contributed by atoms with E-state index in [1.165, 1.54) is 0 Å². The number of hydrogen-bond acceptors (Lipinski definition) is 1. The summed E-state index contributed by atoms with van der Waals surface area (Å²) in [7, 11) is 0. The number of benzene rings is 1. The molecule has 0 atom stereocenters. The van der Waals surface area contributed by atoms with Gasteiger partial charge in [-0.15, -0.1) is 0 Å². The van der Waals surface area contributed by atoms with Crippen LogP contribution in [0.4, 0.5) is 0 Å². The molecule has 0 spiro atoms. The van der Waals surface area contributed by atoms with E-state index in [1.807, 2.05) is 25.1 Å². The van der Waals surface area contributed by atoms with Gasteiger partial charge in [-0.2, -0.15) is 0 Å². The van der Waals surface area contributed by atoms with Crippen molar-refractivity contribution in [2.24, 2.45) is 0 Å². The van der Waals surface area contributed by atoms with Crippen molar-refractivity contribution in [1.29, 1.82) is 0 Å². The molecule has 0 heterocycles. The molecule has 12 heavy (non-hydrogen) atoms. The van der Waals surface area contributed by atoms with Crippen LogP contribution in [0.15, 0.2) is 18.2 Å². The van der Waals surface area contributed by atoms with Crippen molar-refractivity contribution in [2.75, 3.05) is 0 Å². The summed E-state index contributed by atoms with van der Waals surface area (Å²) in [6.45, 7) is 3.50. The van der Waals surface area contributed by atoms with Gasteiger partial charge in [0.05, 0.1) is 0 Å². The second-order valence-electron chi connectivity index (χ2n) is 2.93. The molecule has 1 aromatic carbocycles. The maximum absolute atomic E-state index is 10.8. The van der Waals surface area contributed by atoms with E-state index in [9.17, 15) is 4.79 Å². The molecule has 0 aromatic heterocycles. The van der Waals surface area contributed by atoms with Crippen LogP contribution in [0.1, 0.15) is 18.1 Å². The highest BCUT2D eigenvalue weighted by atomic mass is 35.5. The number of ketones is 1. The minimum absolute atomic E-state index is 0.141. The van der Waals surface area contributed by atoms with Crippen molar-refractivity contribution in [3.8, 4) is 0 Å². The van der Waals surface area contributed by atoms with Gasteiger partial charge < -0.3 is 0 Å². The molecule has 0 N–H and O–H groups in total. The zero-order valence-corrected chi connectivity index (χ0v) is 7.98. The van der Waals surface area contributed by atoms with E-state index in [1.54, 1.807) is 6.92 Å². The molecule has 1 rings (SSSR count). The first-order valence-corrected chi connectivity index (χ1v) is 4.22. The predicted octanol–water partition coefficient (Wildman–Crippen LogP) is 2.78. The van der Waals surface area contributed by atoms with Crippen molar-refractivity contribution in [3.63, 3.8) is 0 Å². The Kier molecular flexibility index (Phi) is 2.88. The maximum Gasteiger partial charge on any atom is 0.134 e. The molecule has 0 radical (unpaired) electrons. The minimum Gasteiger partial charge on any atom is -0.300 e. The molecular weight excluding hydrogens is 172 g/mol. The second-order valence-corrected chi connectivity index (χ2v) is 3.30. The zero-order chi connectivity index (χ0) is 9.14. The number of carbonyl (C=O) groups excluding carboxylic acids is 1. The lowest BCUT2D eigenvalue weighted by atomic mass is 10.1. The highest BCUT2D eigenvalue weighted by molar-refractivity contribution is 6.32. The second kappa shape index (κ2) is 3.72. The lowest BCUT2D eigenvalue weighted by molar-refractivity contribution is -0.116. The van der Waals surface area contributed by atoms with Crippen LogP contribution in [0.5, 0.6) is 0 Å². The Bertz CT molecular complexity index is 305. The van der Waals surface area contributed by atoms with Crippen LogP contribution < -0.4 is 0 Å². The number of rotatable bonds is 2. The highest BCUT2D eigenvalue weighted by Crippen LogP contribution is 2.20. The van der Waals surface area contributed by atoms with Crippen molar-refractivity contribution in [1.82, 2.24) is 0 Å². The average Bonchev–Trinajstić information content (AvgIpc) is 1.98. The molecule has 1 aromatic rings. The fourth-order valence-electron chi connectivity index (χ4n) is 1.11. The quantitative estimate of drug-likeness (QED) is 0.688. The van der Waals surface area contributed by atoms with Crippen molar-refractivity contribution in [2.45, 2.75) is 20.3 Å². The summed E-state index contributed by atoms with van der Waals surface area (Å²) in [5, 5.41) is 0.715. The van der Waals surface area contributed by atoms with E-state index in [2.05, 4.69) is 0 Å². The number of Topliss-reactive ketones (excluding diaryl/α,β-unsaturated/α-hetero) is 1. The van der Waals surface area contributed by atoms with Crippen LogP contribution >= 0.6 is 11.6 Å². The monoisotopic (exact) mass is 182 g/mol. The van der Waals surface area contributed by atoms with Gasteiger partial charge in [0.25, 0.3) is 0 Å². The lowest BCUT2D eigenvalue weighted by Gasteiger charge is -2.03. The molecule has 64 valence electrons. The summed E-state index contributed by atoms with van der Waals surface area (Å²) in [5.74, 6) is 0.141. The Morgan fingerprint density at radius 1 is 1.50 bits per heavy atom. The van der Waals surface area contributed by atoms with E-state index in [-0.39, 0.29) is 5.78 Å². The predicted molar refractivity (Wildman–Crippen MR) is 50.6 cm³/mol. The van der Waals surface area contributed by atoms with Gasteiger partial charge in [0.1, 0.15) is 5.78 Å². The van der Waals surface area contributed by atoms with Crippen LogP contribution in [-0.4, -0.2) is 5.78 Å². The van der Waals surface area contributed by atoms with E-state index < -0.39 is 0 Å². The molecule has 0 amide bonds. The summed E-state index contributed by atoms with van der Waals surface area (Å²) >= 11 is 5.99. The molecule has 0 saturated heterocycles. The first kappa shape index (κ1) is 9.27. The van der Waals surface area contributed by atoms with Gasteiger partial charge in [0.15, 0.2) is 0 Å². The topological polar surface area (TPSA) is 17.1 Å². The summed E-state index contributed by atoms with van der Waals surface area (Å²) in [6, 6.07) is 5.74. The number of carbonyl (C=O) groups is 1. The van der Waals surface area contributed by atoms with Crippen LogP contribution in [0.3, 0.4) is 0 Å². The summed E-state index contributed by atoms with van der Waals surface area (Å²) < 4.78 is 0. The number of halogens is 1. The van der Waals surface area contributed by atoms with Crippen molar-refractivity contribution < 1.29 is 4.79 Å². The van der Waals surface area contributed by atoms with Crippen LogP contribution in [-0.2, 0) is 11.2 Å². The van der Waals surface area contributed by atoms with E-state index >= 15 is 0 Å². The zero-order valence-electron chi connectivity index (χ0n) is 7.23. The smallest absolute Gasteiger partial charge is 0.134 e. The fourth-order valence-corrected chi connectivity index (χ4v) is 1.31. The van der Waals surface area contributed by atoms with Crippen molar-refractivity contribution >= 4 is 17.4 Å². The van der Waals surface area contributed by atoms with E-state index in [0.29, 0.717) is 11.4 Å². The molecule has 0 unspecified atom stereocenters. The molecule has 0 aliphatic carbocycles. The molecule has 0 aliphatic rings. The van der Waals surface area contributed by atoms with Crippen LogP contribution in [0, 0.1) is 6.92 Å². The van der Waals surface area contributed by atoms with Gasteiger partial charge in [0, 0.05) is 11.4 Å². The van der Waals surface area contributed by atoms with Crippen molar-refractivity contribution in [3.05, 3.63) is 34.3 Å². The van der Waals surface area contributed by atoms with Gasteiger partial charge >= 0.3 is 0 Å². The highest BCUT2D eigenvalue weighted by Gasteiger charge is 2.04. The van der Waals surface area contributed by atoms with Crippen LogP contribution in [0.25, 0.3) is 0 Å². The molecule has 1 nitrogen and oxygen atoms in total. The maximum atomic E-state index is 10.8. The molecule has 2 heteroatoms. The Labute approximate surface area is 77.4 Å².